The fourth-order valence-electron chi connectivity index (χ4n) is 4.05. The van der Waals surface area contributed by atoms with Gasteiger partial charge in [0.1, 0.15) is 5.60 Å². The summed E-state index contributed by atoms with van der Waals surface area (Å²) in [5.74, 6) is -1.79. The summed E-state index contributed by atoms with van der Waals surface area (Å²) in [5.41, 5.74) is 0.180. The maximum atomic E-state index is 13.2. The smallest absolute Gasteiger partial charge is 0.410 e. The minimum Gasteiger partial charge on any atom is -0.444 e. The Bertz CT molecular complexity index is 967. The van der Waals surface area contributed by atoms with E-state index in [1.165, 1.54) is 4.90 Å². The van der Waals surface area contributed by atoms with Crippen LogP contribution in [0.1, 0.15) is 57.6 Å². The summed E-state index contributed by atoms with van der Waals surface area (Å²) in [6.07, 6.45) is 1.13. The molecule has 0 radical (unpaired) electrons. The van der Waals surface area contributed by atoms with E-state index in [-0.39, 0.29) is 6.54 Å². The molecule has 0 bridgehead atoms. The molecule has 6 heteroatoms. The fraction of sp³-hybridized carbons (Fsp3) is 0.444. The summed E-state index contributed by atoms with van der Waals surface area (Å²) in [6, 6.07) is 19.0. The SMILES string of the molecule is CC(C)(C)OC(=O)N1CCCC(C)(C(=O)OC(=O)C(Cc2ccccc2)c2ccccc2)C1. The van der Waals surface area contributed by atoms with Crippen molar-refractivity contribution in [1.29, 1.82) is 0 Å². The lowest BCUT2D eigenvalue weighted by Crippen LogP contribution is -2.50. The number of likely N-dealkylation sites (tertiary alicyclic amines) is 1. The molecule has 1 fully saturated rings. The van der Waals surface area contributed by atoms with E-state index >= 15 is 0 Å². The van der Waals surface area contributed by atoms with Crippen LogP contribution in [0.15, 0.2) is 60.7 Å². The van der Waals surface area contributed by atoms with Crippen LogP contribution in [0.5, 0.6) is 0 Å². The highest BCUT2D eigenvalue weighted by atomic mass is 16.6. The van der Waals surface area contributed by atoms with Gasteiger partial charge in [0, 0.05) is 13.1 Å². The number of benzene rings is 2. The number of hydrogen-bond donors (Lipinski definition) is 0. The molecular formula is C27H33NO5. The Morgan fingerprint density at radius 1 is 1.00 bits per heavy atom. The average Bonchev–Trinajstić information content (AvgIpc) is 2.77. The van der Waals surface area contributed by atoms with Gasteiger partial charge in [0.05, 0.1) is 11.3 Å². The Morgan fingerprint density at radius 2 is 1.61 bits per heavy atom. The van der Waals surface area contributed by atoms with Crippen LogP contribution in [-0.2, 0) is 25.5 Å². The van der Waals surface area contributed by atoms with Crippen molar-refractivity contribution in [3.05, 3.63) is 71.8 Å². The molecular weight excluding hydrogens is 418 g/mol. The second-order valence-electron chi connectivity index (χ2n) is 9.93. The molecule has 176 valence electrons. The predicted octanol–water partition coefficient (Wildman–Crippen LogP) is 5.12. The summed E-state index contributed by atoms with van der Waals surface area (Å²) < 4.78 is 10.9. The lowest BCUT2D eigenvalue weighted by molar-refractivity contribution is -0.169. The van der Waals surface area contributed by atoms with Crippen LogP contribution in [0.2, 0.25) is 0 Å². The van der Waals surface area contributed by atoms with Crippen LogP contribution in [0, 0.1) is 5.41 Å². The summed E-state index contributed by atoms with van der Waals surface area (Å²) in [5, 5.41) is 0. The Kier molecular flexibility index (Phi) is 7.57. The van der Waals surface area contributed by atoms with E-state index in [1.54, 1.807) is 27.7 Å². The van der Waals surface area contributed by atoms with Gasteiger partial charge in [-0.15, -0.1) is 0 Å². The zero-order valence-corrected chi connectivity index (χ0v) is 19.9. The van der Waals surface area contributed by atoms with Crippen LogP contribution in [0.25, 0.3) is 0 Å². The lowest BCUT2D eigenvalue weighted by atomic mass is 9.82. The third kappa shape index (κ3) is 6.67. The number of amides is 1. The molecule has 1 saturated heterocycles. The minimum atomic E-state index is -0.973. The molecule has 0 aliphatic carbocycles. The van der Waals surface area contributed by atoms with E-state index in [0.717, 1.165) is 11.1 Å². The monoisotopic (exact) mass is 451 g/mol. The highest BCUT2D eigenvalue weighted by Gasteiger charge is 2.43. The Labute approximate surface area is 195 Å². The Balaban J connectivity index is 1.73. The lowest BCUT2D eigenvalue weighted by Gasteiger charge is -2.38. The maximum absolute atomic E-state index is 13.2. The van der Waals surface area contributed by atoms with Crippen molar-refractivity contribution in [3.8, 4) is 0 Å². The molecule has 1 aliphatic heterocycles. The van der Waals surface area contributed by atoms with E-state index in [9.17, 15) is 14.4 Å². The largest absolute Gasteiger partial charge is 0.444 e. The van der Waals surface area contributed by atoms with Crippen LogP contribution in [0.3, 0.4) is 0 Å². The van der Waals surface area contributed by atoms with E-state index in [1.807, 2.05) is 60.7 Å². The molecule has 2 unspecified atom stereocenters. The quantitative estimate of drug-likeness (QED) is 0.466. The molecule has 1 aliphatic rings. The first-order chi connectivity index (χ1) is 15.6. The van der Waals surface area contributed by atoms with Crippen LogP contribution in [0.4, 0.5) is 4.79 Å². The minimum absolute atomic E-state index is 0.155. The van der Waals surface area contributed by atoms with Gasteiger partial charge in [-0.25, -0.2) is 4.79 Å². The number of carbonyl (C=O) groups excluding carboxylic acids is 3. The van der Waals surface area contributed by atoms with Gasteiger partial charge in [0.2, 0.25) is 0 Å². The van der Waals surface area contributed by atoms with E-state index in [4.69, 9.17) is 9.47 Å². The van der Waals surface area contributed by atoms with E-state index in [0.29, 0.717) is 25.8 Å². The van der Waals surface area contributed by atoms with Crippen LogP contribution >= 0.6 is 0 Å². The van der Waals surface area contributed by atoms with Crippen molar-refractivity contribution in [3.63, 3.8) is 0 Å². The van der Waals surface area contributed by atoms with Gasteiger partial charge in [-0.05, 0) is 58.1 Å². The van der Waals surface area contributed by atoms with Gasteiger partial charge >= 0.3 is 18.0 Å². The third-order valence-electron chi connectivity index (χ3n) is 5.80. The fourth-order valence-corrected chi connectivity index (χ4v) is 4.05. The number of hydrogen-bond acceptors (Lipinski definition) is 5. The molecule has 1 amide bonds. The maximum Gasteiger partial charge on any atom is 0.410 e. The topological polar surface area (TPSA) is 72.9 Å². The molecule has 2 atom stereocenters. The Morgan fingerprint density at radius 3 is 2.21 bits per heavy atom. The highest BCUT2D eigenvalue weighted by Crippen LogP contribution is 2.33. The zero-order chi connectivity index (χ0) is 24.1. The number of rotatable bonds is 5. The predicted molar refractivity (Wildman–Crippen MR) is 126 cm³/mol. The number of carbonyl (C=O) groups is 3. The van der Waals surface area contributed by atoms with E-state index in [2.05, 4.69) is 0 Å². The summed E-state index contributed by atoms with van der Waals surface area (Å²) >= 11 is 0. The standard InChI is InChI=1S/C27H33NO5/c1-26(2,3)33-25(31)28-17-11-16-27(4,19-28)24(30)32-23(29)22(21-14-9-6-10-15-21)18-20-12-7-5-8-13-20/h5-10,12-15,22H,11,16-19H2,1-4H3. The molecule has 3 rings (SSSR count). The van der Waals surface area contributed by atoms with Crippen LogP contribution < -0.4 is 0 Å². The van der Waals surface area contributed by atoms with Gasteiger partial charge in [-0.1, -0.05) is 60.7 Å². The van der Waals surface area contributed by atoms with Gasteiger partial charge in [0.25, 0.3) is 0 Å². The van der Waals surface area contributed by atoms with Crippen molar-refractivity contribution in [1.82, 2.24) is 4.90 Å². The molecule has 2 aromatic carbocycles. The number of nitrogens with zero attached hydrogens (tertiary/aromatic N) is 1. The molecule has 0 aromatic heterocycles. The van der Waals surface area contributed by atoms with Crippen LogP contribution in [-0.4, -0.2) is 41.6 Å². The van der Waals surface area contributed by atoms with Gasteiger partial charge in [-0.2, -0.15) is 0 Å². The molecule has 2 aromatic rings. The molecule has 0 N–H and O–H groups in total. The molecule has 6 nitrogen and oxygen atoms in total. The van der Waals surface area contributed by atoms with Crippen molar-refractivity contribution >= 4 is 18.0 Å². The van der Waals surface area contributed by atoms with Gasteiger partial charge in [-0.3, -0.25) is 9.59 Å². The normalized spacial score (nSPS) is 19.5. The highest BCUT2D eigenvalue weighted by molar-refractivity contribution is 5.92. The number of piperidine rings is 1. The second-order valence-corrected chi connectivity index (χ2v) is 9.93. The number of ether oxygens (including phenoxy) is 2. The zero-order valence-electron chi connectivity index (χ0n) is 19.9. The van der Waals surface area contributed by atoms with Gasteiger partial charge in [0.15, 0.2) is 0 Å². The molecule has 0 spiro atoms. The number of esters is 2. The first kappa shape index (κ1) is 24.5. The summed E-state index contributed by atoms with van der Waals surface area (Å²) in [7, 11) is 0. The summed E-state index contributed by atoms with van der Waals surface area (Å²) in [4.78, 5) is 40.4. The third-order valence-corrected chi connectivity index (χ3v) is 5.80. The average molecular weight is 452 g/mol. The van der Waals surface area contributed by atoms with E-state index < -0.39 is 35.0 Å². The first-order valence-corrected chi connectivity index (χ1v) is 11.4. The van der Waals surface area contributed by atoms with Gasteiger partial charge < -0.3 is 14.4 Å². The summed E-state index contributed by atoms with van der Waals surface area (Å²) in [6.45, 7) is 7.81. The first-order valence-electron chi connectivity index (χ1n) is 11.4. The molecule has 33 heavy (non-hydrogen) atoms. The Hall–Kier alpha value is -3.15. The second kappa shape index (κ2) is 10.2. The van der Waals surface area contributed by atoms with Crippen molar-refractivity contribution in [2.24, 2.45) is 5.41 Å². The van der Waals surface area contributed by atoms with Crippen molar-refractivity contribution < 1.29 is 23.9 Å². The molecule has 1 heterocycles. The molecule has 0 saturated carbocycles. The van der Waals surface area contributed by atoms with Crippen molar-refractivity contribution in [2.75, 3.05) is 13.1 Å². The van der Waals surface area contributed by atoms with Crippen molar-refractivity contribution in [2.45, 2.75) is 58.5 Å².